The van der Waals surface area contributed by atoms with Crippen molar-refractivity contribution in [2.75, 3.05) is 7.11 Å². The second-order valence-electron chi connectivity index (χ2n) is 5.97. The molecule has 0 unspecified atom stereocenters. The van der Waals surface area contributed by atoms with E-state index < -0.39 is 0 Å². The van der Waals surface area contributed by atoms with Crippen LogP contribution in [0.3, 0.4) is 0 Å². The number of ether oxygens (including phenoxy) is 1. The van der Waals surface area contributed by atoms with Crippen molar-refractivity contribution in [2.24, 2.45) is 0 Å². The fourth-order valence-electron chi connectivity index (χ4n) is 2.75. The van der Waals surface area contributed by atoms with Crippen LogP contribution in [0.1, 0.15) is 19.4 Å². The topological polar surface area (TPSA) is 62.8 Å². The van der Waals surface area contributed by atoms with Crippen molar-refractivity contribution in [3.8, 4) is 28.6 Å². The van der Waals surface area contributed by atoms with Gasteiger partial charge in [0.1, 0.15) is 17.1 Å². The van der Waals surface area contributed by atoms with E-state index in [1.165, 1.54) is 5.57 Å². The molecule has 0 aliphatic carbocycles. The van der Waals surface area contributed by atoms with E-state index in [4.69, 9.17) is 9.15 Å². The predicted molar refractivity (Wildman–Crippen MR) is 94.7 cm³/mol. The summed E-state index contributed by atoms with van der Waals surface area (Å²) in [7, 11) is 1.54. The van der Waals surface area contributed by atoms with Gasteiger partial charge in [-0.1, -0.05) is 23.8 Å². The first-order valence-electron chi connectivity index (χ1n) is 7.74. The van der Waals surface area contributed by atoms with Gasteiger partial charge in [0.2, 0.25) is 0 Å². The van der Waals surface area contributed by atoms with Crippen molar-refractivity contribution in [1.29, 1.82) is 0 Å². The minimum absolute atomic E-state index is 0.0546. The molecular weight excluding hydrogens is 304 g/mol. The van der Waals surface area contributed by atoms with Gasteiger partial charge in [0, 0.05) is 22.6 Å². The molecule has 0 aliphatic rings. The zero-order valence-corrected chi connectivity index (χ0v) is 14.0. The van der Waals surface area contributed by atoms with Crippen LogP contribution in [0.15, 0.2) is 52.5 Å². The van der Waals surface area contributed by atoms with Crippen molar-refractivity contribution in [2.45, 2.75) is 20.3 Å². The first kappa shape index (κ1) is 16.0. The lowest BCUT2D eigenvalue weighted by atomic mass is 10.0. The van der Waals surface area contributed by atoms with E-state index in [0.717, 1.165) is 16.5 Å². The molecule has 0 amide bonds. The number of aromatic hydroxyl groups is 2. The van der Waals surface area contributed by atoms with Crippen molar-refractivity contribution >= 4 is 11.0 Å². The van der Waals surface area contributed by atoms with Gasteiger partial charge >= 0.3 is 0 Å². The van der Waals surface area contributed by atoms with Crippen LogP contribution >= 0.6 is 0 Å². The van der Waals surface area contributed by atoms with E-state index in [9.17, 15) is 10.2 Å². The molecule has 24 heavy (non-hydrogen) atoms. The Balaban J connectivity index is 2.21. The molecule has 1 aromatic heterocycles. The number of fused-ring (bicyclic) bond motifs is 1. The second-order valence-corrected chi connectivity index (χ2v) is 5.97. The summed E-state index contributed by atoms with van der Waals surface area (Å²) in [6, 6.07) is 10.4. The van der Waals surface area contributed by atoms with Gasteiger partial charge in [-0.25, -0.2) is 0 Å². The number of furan rings is 1. The summed E-state index contributed by atoms with van der Waals surface area (Å²) >= 11 is 0. The van der Waals surface area contributed by atoms with Crippen molar-refractivity contribution in [3.05, 3.63) is 53.6 Å². The van der Waals surface area contributed by atoms with Crippen LogP contribution in [0, 0.1) is 0 Å². The molecule has 2 aromatic carbocycles. The molecule has 4 heteroatoms. The molecule has 0 bridgehead atoms. The normalized spacial score (nSPS) is 10.8. The molecule has 0 spiro atoms. The summed E-state index contributed by atoms with van der Waals surface area (Å²) in [4.78, 5) is 0. The van der Waals surface area contributed by atoms with Crippen molar-refractivity contribution in [1.82, 2.24) is 0 Å². The first-order valence-corrected chi connectivity index (χ1v) is 7.74. The maximum atomic E-state index is 10.2. The third-order valence-corrected chi connectivity index (χ3v) is 3.91. The molecule has 0 saturated carbocycles. The highest BCUT2D eigenvalue weighted by Gasteiger charge is 2.17. The SMILES string of the molecule is COc1c(O)cc2oc(-c3cccc(O)c3)cc2c1CC=C(C)C. The largest absolute Gasteiger partial charge is 0.508 e. The molecule has 0 fully saturated rings. The van der Waals surface area contributed by atoms with Gasteiger partial charge in [0.15, 0.2) is 11.5 Å². The molecule has 0 aliphatic heterocycles. The van der Waals surface area contributed by atoms with E-state index in [1.807, 2.05) is 26.0 Å². The fraction of sp³-hybridized carbons (Fsp3) is 0.200. The average molecular weight is 324 g/mol. The quantitative estimate of drug-likeness (QED) is 0.661. The van der Waals surface area contributed by atoms with Crippen LogP contribution in [-0.4, -0.2) is 17.3 Å². The molecule has 3 rings (SSSR count). The molecule has 4 nitrogen and oxygen atoms in total. The minimum atomic E-state index is 0.0546. The fourth-order valence-corrected chi connectivity index (χ4v) is 2.75. The van der Waals surface area contributed by atoms with Crippen LogP contribution in [-0.2, 0) is 6.42 Å². The maximum Gasteiger partial charge on any atom is 0.164 e. The second kappa shape index (κ2) is 6.32. The van der Waals surface area contributed by atoms with E-state index in [0.29, 0.717) is 23.5 Å². The molecule has 124 valence electrons. The molecule has 0 saturated heterocycles. The molecule has 1 heterocycles. The van der Waals surface area contributed by atoms with Gasteiger partial charge < -0.3 is 19.4 Å². The van der Waals surface area contributed by atoms with Gasteiger partial charge in [-0.05, 0) is 38.5 Å². The number of rotatable bonds is 4. The van der Waals surface area contributed by atoms with Gasteiger partial charge in [0.05, 0.1) is 7.11 Å². The Bertz CT molecular complexity index is 915. The number of hydrogen-bond donors (Lipinski definition) is 2. The highest BCUT2D eigenvalue weighted by Crippen LogP contribution is 2.40. The monoisotopic (exact) mass is 324 g/mol. The Morgan fingerprint density at radius 1 is 1.17 bits per heavy atom. The number of phenols is 2. The number of allylic oxidation sites excluding steroid dienone is 2. The predicted octanol–water partition coefficient (Wildman–Crippen LogP) is 5.03. The Morgan fingerprint density at radius 3 is 2.62 bits per heavy atom. The van der Waals surface area contributed by atoms with E-state index in [-0.39, 0.29) is 11.5 Å². The number of benzene rings is 2. The van der Waals surface area contributed by atoms with Crippen LogP contribution in [0.5, 0.6) is 17.2 Å². The Labute approximate surface area is 140 Å². The van der Waals surface area contributed by atoms with E-state index in [2.05, 4.69) is 6.08 Å². The van der Waals surface area contributed by atoms with E-state index >= 15 is 0 Å². The molecule has 3 aromatic rings. The highest BCUT2D eigenvalue weighted by atomic mass is 16.5. The number of hydrogen-bond acceptors (Lipinski definition) is 4. The minimum Gasteiger partial charge on any atom is -0.508 e. The summed E-state index contributed by atoms with van der Waals surface area (Å²) in [5.41, 5.74) is 3.43. The third kappa shape index (κ3) is 2.95. The van der Waals surface area contributed by atoms with Crippen LogP contribution in [0.4, 0.5) is 0 Å². The number of methoxy groups -OCH3 is 1. The molecule has 0 radical (unpaired) electrons. The molecule has 2 N–H and O–H groups in total. The van der Waals surface area contributed by atoms with Crippen molar-refractivity contribution < 1.29 is 19.4 Å². The number of phenolic OH excluding ortho intramolecular Hbond substituents is 2. The summed E-state index contributed by atoms with van der Waals surface area (Å²) < 4.78 is 11.3. The van der Waals surface area contributed by atoms with Crippen LogP contribution in [0.2, 0.25) is 0 Å². The van der Waals surface area contributed by atoms with Gasteiger partial charge in [-0.2, -0.15) is 0 Å². The lowest BCUT2D eigenvalue weighted by molar-refractivity contribution is 0.370. The van der Waals surface area contributed by atoms with Crippen molar-refractivity contribution in [3.63, 3.8) is 0 Å². The highest BCUT2D eigenvalue weighted by molar-refractivity contribution is 5.90. The standard InChI is InChI=1S/C20H20O4/c1-12(2)7-8-15-16-10-18(13-5-4-6-14(21)9-13)24-19(16)11-17(22)20(15)23-3/h4-7,9-11,21-22H,8H2,1-3H3. The third-order valence-electron chi connectivity index (χ3n) is 3.91. The summed E-state index contributed by atoms with van der Waals surface area (Å²) in [6.45, 7) is 4.06. The molecular formula is C20H20O4. The average Bonchev–Trinajstić information content (AvgIpc) is 2.95. The summed E-state index contributed by atoms with van der Waals surface area (Å²) in [5, 5.41) is 20.8. The Kier molecular flexibility index (Phi) is 4.21. The molecule has 0 atom stereocenters. The Morgan fingerprint density at radius 2 is 1.96 bits per heavy atom. The lowest BCUT2D eigenvalue weighted by Crippen LogP contribution is -1.92. The first-order chi connectivity index (χ1) is 11.5. The van der Waals surface area contributed by atoms with Gasteiger partial charge in [0.25, 0.3) is 0 Å². The zero-order valence-electron chi connectivity index (χ0n) is 14.0. The van der Waals surface area contributed by atoms with Gasteiger partial charge in [-0.3, -0.25) is 0 Å². The Hall–Kier alpha value is -2.88. The maximum absolute atomic E-state index is 10.2. The zero-order chi connectivity index (χ0) is 17.3. The summed E-state index contributed by atoms with van der Waals surface area (Å²) in [6.07, 6.45) is 2.72. The summed E-state index contributed by atoms with van der Waals surface area (Å²) in [5.74, 6) is 1.33. The van der Waals surface area contributed by atoms with Crippen LogP contribution in [0.25, 0.3) is 22.3 Å². The van der Waals surface area contributed by atoms with Gasteiger partial charge in [-0.15, -0.1) is 0 Å². The van der Waals surface area contributed by atoms with E-state index in [1.54, 1.807) is 31.4 Å². The smallest absolute Gasteiger partial charge is 0.164 e. The lowest BCUT2D eigenvalue weighted by Gasteiger charge is -2.10. The van der Waals surface area contributed by atoms with Crippen LogP contribution < -0.4 is 4.74 Å².